The van der Waals surface area contributed by atoms with Crippen molar-refractivity contribution in [1.82, 2.24) is 5.32 Å². The zero-order chi connectivity index (χ0) is 14.4. The van der Waals surface area contributed by atoms with Gasteiger partial charge in [-0.1, -0.05) is 29.8 Å². The van der Waals surface area contributed by atoms with Crippen molar-refractivity contribution in [3.8, 4) is 5.75 Å². The summed E-state index contributed by atoms with van der Waals surface area (Å²) in [4.78, 5) is 0. The van der Waals surface area contributed by atoms with Crippen molar-refractivity contribution in [1.29, 1.82) is 0 Å². The molecule has 0 aliphatic heterocycles. The standard InChI is InChI=1S/C16H17ClFNO/c1-2-20-15-5-3-4-12(8-15)10-19-11-13-6-7-14(17)9-16(13)18/h3-9,19H,2,10-11H2,1H3. The molecule has 1 N–H and O–H groups in total. The van der Waals surface area contributed by atoms with Gasteiger partial charge in [-0.05, 0) is 36.8 Å². The molecule has 0 radical (unpaired) electrons. The summed E-state index contributed by atoms with van der Waals surface area (Å²) in [7, 11) is 0. The van der Waals surface area contributed by atoms with E-state index in [-0.39, 0.29) is 5.82 Å². The van der Waals surface area contributed by atoms with E-state index in [1.165, 1.54) is 6.07 Å². The largest absolute Gasteiger partial charge is 0.494 e. The summed E-state index contributed by atoms with van der Waals surface area (Å²) in [6, 6.07) is 12.6. The fourth-order valence-electron chi connectivity index (χ4n) is 1.92. The lowest BCUT2D eigenvalue weighted by molar-refractivity contribution is 0.340. The quantitative estimate of drug-likeness (QED) is 0.863. The minimum Gasteiger partial charge on any atom is -0.494 e. The van der Waals surface area contributed by atoms with E-state index in [2.05, 4.69) is 5.32 Å². The first-order chi connectivity index (χ1) is 9.69. The molecule has 2 aromatic carbocycles. The van der Waals surface area contributed by atoms with Crippen LogP contribution >= 0.6 is 11.6 Å². The van der Waals surface area contributed by atoms with Gasteiger partial charge in [0, 0.05) is 23.7 Å². The van der Waals surface area contributed by atoms with Crippen molar-refractivity contribution in [3.05, 3.63) is 64.4 Å². The second kappa shape index (κ2) is 7.27. The van der Waals surface area contributed by atoms with E-state index in [4.69, 9.17) is 16.3 Å². The minimum atomic E-state index is -0.284. The number of benzene rings is 2. The van der Waals surface area contributed by atoms with Gasteiger partial charge in [0.15, 0.2) is 0 Å². The second-order valence-electron chi connectivity index (χ2n) is 4.42. The van der Waals surface area contributed by atoms with E-state index in [9.17, 15) is 4.39 Å². The lowest BCUT2D eigenvalue weighted by Gasteiger charge is -2.08. The van der Waals surface area contributed by atoms with Gasteiger partial charge in [-0.25, -0.2) is 4.39 Å². The summed E-state index contributed by atoms with van der Waals surface area (Å²) in [5.41, 5.74) is 1.71. The Kier molecular flexibility index (Phi) is 5.39. The molecule has 0 fully saturated rings. The average Bonchev–Trinajstić information content (AvgIpc) is 2.42. The third-order valence-corrected chi connectivity index (χ3v) is 3.10. The molecular weight excluding hydrogens is 277 g/mol. The molecule has 0 saturated carbocycles. The molecule has 0 aromatic heterocycles. The zero-order valence-corrected chi connectivity index (χ0v) is 12.1. The highest BCUT2D eigenvalue weighted by Gasteiger charge is 2.03. The highest BCUT2D eigenvalue weighted by atomic mass is 35.5. The Balaban J connectivity index is 1.90. The Morgan fingerprint density at radius 2 is 2.00 bits per heavy atom. The smallest absolute Gasteiger partial charge is 0.129 e. The molecule has 0 amide bonds. The van der Waals surface area contributed by atoms with Crippen LogP contribution in [-0.2, 0) is 13.1 Å². The molecule has 0 aliphatic carbocycles. The molecule has 0 atom stereocenters. The molecule has 0 spiro atoms. The molecule has 2 nitrogen and oxygen atoms in total. The first-order valence-electron chi connectivity index (χ1n) is 6.55. The van der Waals surface area contributed by atoms with Crippen LogP contribution in [0.5, 0.6) is 5.75 Å². The van der Waals surface area contributed by atoms with Crippen molar-refractivity contribution in [2.24, 2.45) is 0 Å². The molecule has 0 aliphatic rings. The van der Waals surface area contributed by atoms with E-state index >= 15 is 0 Å². The van der Waals surface area contributed by atoms with Crippen LogP contribution in [0.15, 0.2) is 42.5 Å². The van der Waals surface area contributed by atoms with Crippen molar-refractivity contribution >= 4 is 11.6 Å². The Labute approximate surface area is 123 Å². The van der Waals surface area contributed by atoms with Gasteiger partial charge in [0.1, 0.15) is 11.6 Å². The van der Waals surface area contributed by atoms with Crippen LogP contribution in [0, 0.1) is 5.82 Å². The highest BCUT2D eigenvalue weighted by Crippen LogP contribution is 2.15. The fraction of sp³-hybridized carbons (Fsp3) is 0.250. The molecule has 106 valence electrons. The summed E-state index contributed by atoms with van der Waals surface area (Å²) in [6.45, 7) is 3.71. The van der Waals surface area contributed by atoms with E-state index in [1.54, 1.807) is 12.1 Å². The summed E-state index contributed by atoms with van der Waals surface area (Å²) in [5, 5.41) is 3.62. The molecule has 0 unspecified atom stereocenters. The molecule has 0 bridgehead atoms. The monoisotopic (exact) mass is 293 g/mol. The summed E-state index contributed by atoms with van der Waals surface area (Å²) >= 11 is 5.72. The molecule has 2 rings (SSSR count). The number of hydrogen-bond acceptors (Lipinski definition) is 2. The fourth-order valence-corrected chi connectivity index (χ4v) is 2.08. The number of rotatable bonds is 6. The third-order valence-electron chi connectivity index (χ3n) is 2.87. The van der Waals surface area contributed by atoms with Gasteiger partial charge in [-0.15, -0.1) is 0 Å². The van der Waals surface area contributed by atoms with Gasteiger partial charge < -0.3 is 10.1 Å². The van der Waals surface area contributed by atoms with Crippen LogP contribution in [0.2, 0.25) is 5.02 Å². The Hall–Kier alpha value is -1.58. The van der Waals surface area contributed by atoms with Crippen molar-refractivity contribution < 1.29 is 9.13 Å². The van der Waals surface area contributed by atoms with Gasteiger partial charge in [-0.3, -0.25) is 0 Å². The Morgan fingerprint density at radius 1 is 1.15 bits per heavy atom. The molecule has 0 heterocycles. The third kappa shape index (κ3) is 4.22. The molecule has 20 heavy (non-hydrogen) atoms. The van der Waals surface area contributed by atoms with Gasteiger partial charge in [0.2, 0.25) is 0 Å². The van der Waals surface area contributed by atoms with E-state index in [0.29, 0.717) is 30.3 Å². The Morgan fingerprint density at radius 3 is 2.75 bits per heavy atom. The normalized spacial score (nSPS) is 10.6. The van der Waals surface area contributed by atoms with Crippen LogP contribution in [-0.4, -0.2) is 6.61 Å². The van der Waals surface area contributed by atoms with Crippen LogP contribution in [0.4, 0.5) is 4.39 Å². The number of ether oxygens (including phenoxy) is 1. The summed E-state index contributed by atoms with van der Waals surface area (Å²) in [5.74, 6) is 0.567. The van der Waals surface area contributed by atoms with E-state index in [0.717, 1.165) is 11.3 Å². The zero-order valence-electron chi connectivity index (χ0n) is 11.3. The predicted octanol–water partition coefficient (Wildman–Crippen LogP) is 4.17. The van der Waals surface area contributed by atoms with Crippen LogP contribution < -0.4 is 10.1 Å². The van der Waals surface area contributed by atoms with Crippen LogP contribution in [0.25, 0.3) is 0 Å². The molecular formula is C16H17ClFNO. The van der Waals surface area contributed by atoms with Gasteiger partial charge in [0.25, 0.3) is 0 Å². The lowest BCUT2D eigenvalue weighted by atomic mass is 10.2. The summed E-state index contributed by atoms with van der Waals surface area (Å²) < 4.78 is 19.0. The maximum Gasteiger partial charge on any atom is 0.129 e. The van der Waals surface area contributed by atoms with Crippen molar-refractivity contribution in [2.75, 3.05) is 6.61 Å². The van der Waals surface area contributed by atoms with Gasteiger partial charge >= 0.3 is 0 Å². The first kappa shape index (κ1) is 14.8. The maximum absolute atomic E-state index is 13.6. The second-order valence-corrected chi connectivity index (χ2v) is 4.86. The number of nitrogens with one attached hydrogen (secondary N) is 1. The number of halogens is 2. The van der Waals surface area contributed by atoms with Gasteiger partial charge in [0.05, 0.1) is 6.61 Å². The SMILES string of the molecule is CCOc1cccc(CNCc2ccc(Cl)cc2F)c1. The minimum absolute atomic E-state index is 0.284. The summed E-state index contributed by atoms with van der Waals surface area (Å²) in [6.07, 6.45) is 0. The predicted molar refractivity (Wildman–Crippen MR) is 79.6 cm³/mol. The van der Waals surface area contributed by atoms with E-state index in [1.807, 2.05) is 31.2 Å². The van der Waals surface area contributed by atoms with Crippen molar-refractivity contribution in [2.45, 2.75) is 20.0 Å². The number of hydrogen-bond donors (Lipinski definition) is 1. The molecule has 2 aromatic rings. The maximum atomic E-state index is 13.6. The van der Waals surface area contributed by atoms with E-state index < -0.39 is 0 Å². The highest BCUT2D eigenvalue weighted by molar-refractivity contribution is 6.30. The lowest BCUT2D eigenvalue weighted by Crippen LogP contribution is -2.13. The molecule has 0 saturated heterocycles. The van der Waals surface area contributed by atoms with Gasteiger partial charge in [-0.2, -0.15) is 0 Å². The Bertz CT molecular complexity index is 574. The van der Waals surface area contributed by atoms with Crippen molar-refractivity contribution in [3.63, 3.8) is 0 Å². The topological polar surface area (TPSA) is 21.3 Å². The average molecular weight is 294 g/mol. The first-order valence-corrected chi connectivity index (χ1v) is 6.93. The van der Waals surface area contributed by atoms with Crippen LogP contribution in [0.1, 0.15) is 18.1 Å². The van der Waals surface area contributed by atoms with Crippen LogP contribution in [0.3, 0.4) is 0 Å². The molecule has 4 heteroatoms.